The van der Waals surface area contributed by atoms with Gasteiger partial charge in [-0.2, -0.15) is 9.97 Å². The third-order valence-corrected chi connectivity index (χ3v) is 4.27. The van der Waals surface area contributed by atoms with Crippen molar-refractivity contribution in [1.82, 2.24) is 19.9 Å². The molecule has 0 aliphatic carbocycles. The highest BCUT2D eigenvalue weighted by Crippen LogP contribution is 2.27. The maximum atomic E-state index is 4.68. The Morgan fingerprint density at radius 3 is 2.65 bits per heavy atom. The average molecular weight is 315 g/mol. The monoisotopic (exact) mass is 315 g/mol. The van der Waals surface area contributed by atoms with E-state index in [2.05, 4.69) is 50.5 Å². The summed E-state index contributed by atoms with van der Waals surface area (Å²) in [6.45, 7) is 4.19. The van der Waals surface area contributed by atoms with Gasteiger partial charge in [0.25, 0.3) is 0 Å². The zero-order valence-corrected chi connectivity index (χ0v) is 14.5. The number of likely N-dealkylation sites (N-methyl/N-ethyl adjacent to an activating group) is 1. The van der Waals surface area contributed by atoms with Gasteiger partial charge in [0, 0.05) is 33.7 Å². The van der Waals surface area contributed by atoms with Crippen LogP contribution in [0.15, 0.2) is 6.07 Å². The third-order valence-electron chi connectivity index (χ3n) is 4.27. The van der Waals surface area contributed by atoms with Crippen LogP contribution >= 0.6 is 0 Å². The average Bonchev–Trinajstić information content (AvgIpc) is 2.90. The molecule has 1 fully saturated rings. The summed E-state index contributed by atoms with van der Waals surface area (Å²) in [5, 5.41) is 7.61. The van der Waals surface area contributed by atoms with Crippen LogP contribution in [-0.2, 0) is 0 Å². The van der Waals surface area contributed by atoms with Gasteiger partial charge in [0.15, 0.2) is 5.65 Å². The van der Waals surface area contributed by atoms with Gasteiger partial charge in [-0.05, 0) is 38.6 Å². The number of likely N-dealkylation sites (tertiary alicyclic amines) is 1. The molecule has 2 N–H and O–H groups in total. The van der Waals surface area contributed by atoms with Crippen molar-refractivity contribution in [2.75, 3.05) is 56.8 Å². The second kappa shape index (κ2) is 6.16. The van der Waals surface area contributed by atoms with E-state index < -0.39 is 0 Å². The van der Waals surface area contributed by atoms with Crippen LogP contribution in [0.2, 0.25) is 0 Å². The molecule has 0 aromatic carbocycles. The Morgan fingerprint density at radius 1 is 1.26 bits per heavy atom. The predicted molar refractivity (Wildman–Crippen MR) is 95.5 cm³/mol. The molecule has 1 aliphatic heterocycles. The van der Waals surface area contributed by atoms with Crippen LogP contribution in [0.3, 0.4) is 0 Å². The van der Waals surface area contributed by atoms with E-state index in [1.54, 1.807) is 0 Å². The lowest BCUT2D eigenvalue weighted by molar-refractivity contribution is 0.414. The first kappa shape index (κ1) is 15.7. The molecule has 0 spiro atoms. The van der Waals surface area contributed by atoms with E-state index in [4.69, 9.17) is 0 Å². The Morgan fingerprint density at radius 2 is 2.04 bits per heavy atom. The second-order valence-electron chi connectivity index (χ2n) is 6.43. The Bertz CT molecular complexity index is 713. The molecule has 0 amide bonds. The first-order valence-corrected chi connectivity index (χ1v) is 7.97. The van der Waals surface area contributed by atoms with E-state index in [9.17, 15) is 0 Å². The third kappa shape index (κ3) is 3.14. The number of nitrogens with zero attached hydrogens (tertiary/aromatic N) is 5. The largest absolute Gasteiger partial charge is 0.372 e. The van der Waals surface area contributed by atoms with Crippen LogP contribution in [0.4, 0.5) is 17.6 Å². The summed E-state index contributed by atoms with van der Waals surface area (Å²) in [6, 6.07) is 2.45. The van der Waals surface area contributed by atoms with Gasteiger partial charge in [-0.3, -0.25) is 0 Å². The SMILES string of the molecule is CNc1nc(NC2CCN(C)C2)nc2nc(N(C)C)cc(C)c12. The zero-order chi connectivity index (χ0) is 16.6. The molecule has 2 aromatic heterocycles. The highest BCUT2D eigenvalue weighted by molar-refractivity contribution is 5.91. The minimum atomic E-state index is 0.389. The molecule has 0 radical (unpaired) electrons. The van der Waals surface area contributed by atoms with Gasteiger partial charge in [0.1, 0.15) is 11.6 Å². The van der Waals surface area contributed by atoms with Gasteiger partial charge in [-0.1, -0.05) is 0 Å². The van der Waals surface area contributed by atoms with Crippen LogP contribution in [-0.4, -0.2) is 67.2 Å². The maximum Gasteiger partial charge on any atom is 0.226 e. The van der Waals surface area contributed by atoms with Crippen LogP contribution in [0.1, 0.15) is 12.0 Å². The summed E-state index contributed by atoms with van der Waals surface area (Å²) in [7, 11) is 7.99. The molecular weight excluding hydrogens is 290 g/mol. The standard InChI is InChI=1S/C16H25N7/c1-10-8-12(22(3)4)19-15-13(10)14(17-2)20-16(21-15)18-11-6-7-23(5)9-11/h8,11H,6-7,9H2,1-5H3,(H2,17,18,19,20,21). The molecule has 2 aromatic rings. The number of nitrogens with one attached hydrogen (secondary N) is 2. The Labute approximate surface area is 137 Å². The summed E-state index contributed by atoms with van der Waals surface area (Å²) in [5.74, 6) is 2.37. The number of rotatable bonds is 4. The summed E-state index contributed by atoms with van der Waals surface area (Å²) >= 11 is 0. The van der Waals surface area contributed by atoms with Crippen LogP contribution in [0, 0.1) is 6.92 Å². The maximum absolute atomic E-state index is 4.68. The molecule has 3 heterocycles. The Hall–Kier alpha value is -2.15. The smallest absolute Gasteiger partial charge is 0.226 e. The molecule has 7 heteroatoms. The van der Waals surface area contributed by atoms with Gasteiger partial charge in [0.2, 0.25) is 5.95 Å². The number of fused-ring (bicyclic) bond motifs is 1. The Balaban J connectivity index is 2.03. The summed E-state index contributed by atoms with van der Waals surface area (Å²) in [6.07, 6.45) is 1.11. The highest BCUT2D eigenvalue weighted by Gasteiger charge is 2.21. The number of aromatic nitrogens is 3. The van der Waals surface area contributed by atoms with Crippen molar-refractivity contribution >= 4 is 28.6 Å². The van der Waals surface area contributed by atoms with E-state index in [1.165, 1.54) is 0 Å². The number of aryl methyl sites for hydroxylation is 1. The molecule has 1 aliphatic rings. The van der Waals surface area contributed by atoms with Crippen LogP contribution in [0.5, 0.6) is 0 Å². The van der Waals surface area contributed by atoms with Crippen molar-refractivity contribution in [2.45, 2.75) is 19.4 Å². The molecule has 1 atom stereocenters. The lowest BCUT2D eigenvalue weighted by atomic mass is 10.2. The highest BCUT2D eigenvalue weighted by atomic mass is 15.2. The van der Waals surface area contributed by atoms with Crippen molar-refractivity contribution in [3.05, 3.63) is 11.6 Å². The molecule has 1 unspecified atom stereocenters. The quantitative estimate of drug-likeness (QED) is 0.887. The van der Waals surface area contributed by atoms with Gasteiger partial charge in [0.05, 0.1) is 5.39 Å². The van der Waals surface area contributed by atoms with Gasteiger partial charge in [-0.25, -0.2) is 4.98 Å². The number of pyridine rings is 1. The van der Waals surface area contributed by atoms with E-state index in [1.807, 2.05) is 26.0 Å². The zero-order valence-electron chi connectivity index (χ0n) is 14.5. The lowest BCUT2D eigenvalue weighted by Crippen LogP contribution is -2.24. The second-order valence-corrected chi connectivity index (χ2v) is 6.43. The summed E-state index contributed by atoms with van der Waals surface area (Å²) < 4.78 is 0. The van der Waals surface area contributed by atoms with Gasteiger partial charge >= 0.3 is 0 Å². The van der Waals surface area contributed by atoms with E-state index in [-0.39, 0.29) is 0 Å². The fourth-order valence-corrected chi connectivity index (χ4v) is 3.01. The van der Waals surface area contributed by atoms with Crippen molar-refractivity contribution in [3.8, 4) is 0 Å². The molecular formula is C16H25N7. The summed E-state index contributed by atoms with van der Waals surface area (Å²) in [5.41, 5.74) is 1.84. The van der Waals surface area contributed by atoms with Crippen LogP contribution < -0.4 is 15.5 Å². The van der Waals surface area contributed by atoms with Gasteiger partial charge < -0.3 is 20.4 Å². The Kier molecular flexibility index (Phi) is 4.21. The molecule has 0 bridgehead atoms. The van der Waals surface area contributed by atoms with Crippen molar-refractivity contribution in [1.29, 1.82) is 0 Å². The predicted octanol–water partition coefficient (Wildman–Crippen LogP) is 1.56. The summed E-state index contributed by atoms with van der Waals surface area (Å²) in [4.78, 5) is 18.3. The van der Waals surface area contributed by atoms with Crippen molar-refractivity contribution < 1.29 is 0 Å². The molecule has 124 valence electrons. The molecule has 1 saturated heterocycles. The normalized spacial score (nSPS) is 18.4. The fourth-order valence-electron chi connectivity index (χ4n) is 3.01. The number of anilines is 3. The molecule has 3 rings (SSSR count). The van der Waals surface area contributed by atoms with Crippen molar-refractivity contribution in [2.24, 2.45) is 0 Å². The minimum Gasteiger partial charge on any atom is -0.372 e. The van der Waals surface area contributed by atoms with Gasteiger partial charge in [-0.15, -0.1) is 0 Å². The van der Waals surface area contributed by atoms with E-state index in [0.29, 0.717) is 12.0 Å². The van der Waals surface area contributed by atoms with E-state index >= 15 is 0 Å². The fraction of sp³-hybridized carbons (Fsp3) is 0.562. The molecule has 0 saturated carbocycles. The minimum absolute atomic E-state index is 0.389. The van der Waals surface area contributed by atoms with Crippen LogP contribution in [0.25, 0.3) is 11.0 Å². The molecule has 23 heavy (non-hydrogen) atoms. The van der Waals surface area contributed by atoms with Crippen molar-refractivity contribution in [3.63, 3.8) is 0 Å². The topological polar surface area (TPSA) is 69.2 Å². The molecule has 7 nitrogen and oxygen atoms in total. The number of hydrogen-bond acceptors (Lipinski definition) is 7. The van der Waals surface area contributed by atoms with E-state index in [0.717, 1.165) is 47.7 Å². The first-order valence-electron chi connectivity index (χ1n) is 7.97. The first-order chi connectivity index (χ1) is 11.0. The lowest BCUT2D eigenvalue weighted by Gasteiger charge is -2.17. The number of hydrogen-bond donors (Lipinski definition) is 2.